The van der Waals surface area contributed by atoms with Crippen molar-refractivity contribution in [1.82, 2.24) is 0 Å². The topological polar surface area (TPSA) is 23.9 Å². The second-order valence-corrected chi connectivity index (χ2v) is 4.55. The molecular formula is C9H9Cl2NS. The van der Waals surface area contributed by atoms with E-state index in [-0.39, 0.29) is 0 Å². The van der Waals surface area contributed by atoms with Crippen LogP contribution in [0.2, 0.25) is 10.0 Å². The number of thioether (sulfide) groups is 1. The summed E-state index contributed by atoms with van der Waals surface area (Å²) in [6.45, 7) is 1.75. The minimum atomic E-state index is 0.566. The molecule has 70 valence electrons. The molecule has 0 spiro atoms. The van der Waals surface area contributed by atoms with Crippen molar-refractivity contribution in [2.75, 3.05) is 0 Å². The van der Waals surface area contributed by atoms with Crippen LogP contribution in [0.25, 0.3) is 0 Å². The molecule has 13 heavy (non-hydrogen) atoms. The number of halogens is 2. The maximum Gasteiger partial charge on any atom is 0.0613 e. The Labute approximate surface area is 91.9 Å². The van der Waals surface area contributed by atoms with Gasteiger partial charge in [-0.25, -0.2) is 0 Å². The lowest BCUT2D eigenvalue weighted by Gasteiger charge is -2.04. The van der Waals surface area contributed by atoms with Crippen LogP contribution in [0.5, 0.6) is 0 Å². The van der Waals surface area contributed by atoms with Crippen molar-refractivity contribution in [2.24, 2.45) is 0 Å². The number of nitrogens with one attached hydrogen (secondary N) is 1. The third-order valence-corrected chi connectivity index (χ3v) is 3.07. The Morgan fingerprint density at radius 2 is 1.92 bits per heavy atom. The van der Waals surface area contributed by atoms with Gasteiger partial charge in [-0.05, 0) is 24.6 Å². The maximum atomic E-state index is 7.26. The lowest BCUT2D eigenvalue weighted by molar-refractivity contribution is 1.42. The first-order valence-electron chi connectivity index (χ1n) is 3.72. The van der Waals surface area contributed by atoms with Gasteiger partial charge in [-0.2, -0.15) is 0 Å². The summed E-state index contributed by atoms with van der Waals surface area (Å²) in [5.74, 6) is 0.661. The van der Waals surface area contributed by atoms with E-state index in [1.54, 1.807) is 6.92 Å². The van der Waals surface area contributed by atoms with Gasteiger partial charge < -0.3 is 0 Å². The Morgan fingerprint density at radius 3 is 2.38 bits per heavy atom. The highest BCUT2D eigenvalue weighted by molar-refractivity contribution is 8.13. The first kappa shape index (κ1) is 10.9. The summed E-state index contributed by atoms with van der Waals surface area (Å²) in [4.78, 5) is 0. The van der Waals surface area contributed by atoms with Crippen LogP contribution in [-0.2, 0) is 5.75 Å². The molecule has 1 aromatic rings. The molecule has 0 bridgehead atoms. The summed E-state index contributed by atoms with van der Waals surface area (Å²) in [5, 5.41) is 9.16. The van der Waals surface area contributed by atoms with Gasteiger partial charge in [-0.15, -0.1) is 11.8 Å². The molecule has 1 aromatic carbocycles. The van der Waals surface area contributed by atoms with Gasteiger partial charge in [-0.1, -0.05) is 29.3 Å². The smallest absolute Gasteiger partial charge is 0.0613 e. The van der Waals surface area contributed by atoms with E-state index in [1.165, 1.54) is 11.8 Å². The average Bonchev–Trinajstić information content (AvgIpc) is 2.03. The Morgan fingerprint density at radius 1 is 1.38 bits per heavy atom. The molecule has 0 unspecified atom stereocenters. The zero-order valence-corrected chi connectivity index (χ0v) is 9.43. The highest BCUT2D eigenvalue weighted by Crippen LogP contribution is 2.28. The monoisotopic (exact) mass is 233 g/mol. The lowest BCUT2D eigenvalue weighted by atomic mass is 10.2. The summed E-state index contributed by atoms with van der Waals surface area (Å²) in [6, 6.07) is 5.43. The summed E-state index contributed by atoms with van der Waals surface area (Å²) in [5.41, 5.74) is 0.905. The molecule has 1 nitrogen and oxygen atoms in total. The van der Waals surface area contributed by atoms with Crippen molar-refractivity contribution in [3.05, 3.63) is 33.8 Å². The fourth-order valence-electron chi connectivity index (χ4n) is 0.851. The Hall–Kier alpha value is -0.180. The van der Waals surface area contributed by atoms with E-state index in [0.29, 0.717) is 20.8 Å². The van der Waals surface area contributed by atoms with Gasteiger partial charge in [0, 0.05) is 15.8 Å². The van der Waals surface area contributed by atoms with E-state index in [9.17, 15) is 0 Å². The van der Waals surface area contributed by atoms with Gasteiger partial charge in [0.2, 0.25) is 0 Å². The van der Waals surface area contributed by atoms with E-state index in [0.717, 1.165) is 5.56 Å². The van der Waals surface area contributed by atoms with E-state index >= 15 is 0 Å². The van der Waals surface area contributed by atoms with Crippen LogP contribution < -0.4 is 0 Å². The lowest BCUT2D eigenvalue weighted by Crippen LogP contribution is -1.87. The van der Waals surface area contributed by atoms with Crippen molar-refractivity contribution >= 4 is 40.0 Å². The molecule has 1 N–H and O–H groups in total. The van der Waals surface area contributed by atoms with Crippen molar-refractivity contribution in [3.8, 4) is 0 Å². The second kappa shape index (κ2) is 4.89. The zero-order valence-electron chi connectivity index (χ0n) is 7.10. The number of hydrogen-bond acceptors (Lipinski definition) is 2. The third kappa shape index (κ3) is 3.22. The van der Waals surface area contributed by atoms with Crippen LogP contribution in [0.4, 0.5) is 0 Å². The molecule has 0 saturated heterocycles. The first-order valence-corrected chi connectivity index (χ1v) is 5.46. The Bertz CT molecular complexity index is 305. The highest BCUT2D eigenvalue weighted by Gasteiger charge is 2.05. The molecule has 0 heterocycles. The molecule has 0 radical (unpaired) electrons. The van der Waals surface area contributed by atoms with Gasteiger partial charge in [0.1, 0.15) is 0 Å². The van der Waals surface area contributed by atoms with Crippen molar-refractivity contribution in [1.29, 1.82) is 5.41 Å². The SMILES string of the molecule is CC(=N)SCc1c(Cl)cccc1Cl. The molecule has 0 amide bonds. The maximum absolute atomic E-state index is 7.26. The predicted molar refractivity (Wildman–Crippen MR) is 61.2 cm³/mol. The van der Waals surface area contributed by atoms with Crippen LogP contribution in [0.15, 0.2) is 18.2 Å². The number of hydrogen-bond donors (Lipinski definition) is 1. The zero-order chi connectivity index (χ0) is 9.84. The van der Waals surface area contributed by atoms with Gasteiger partial charge in [0.15, 0.2) is 0 Å². The Kier molecular flexibility index (Phi) is 4.10. The van der Waals surface area contributed by atoms with Crippen LogP contribution in [0, 0.1) is 5.41 Å². The van der Waals surface area contributed by atoms with Crippen LogP contribution in [-0.4, -0.2) is 5.04 Å². The predicted octanol–water partition coefficient (Wildman–Crippen LogP) is 4.22. The first-order chi connectivity index (χ1) is 6.11. The van der Waals surface area contributed by atoms with Crippen molar-refractivity contribution in [2.45, 2.75) is 12.7 Å². The molecule has 0 saturated carbocycles. The van der Waals surface area contributed by atoms with E-state index in [4.69, 9.17) is 28.6 Å². The summed E-state index contributed by atoms with van der Waals surface area (Å²) in [7, 11) is 0. The summed E-state index contributed by atoms with van der Waals surface area (Å²) < 4.78 is 0. The summed E-state index contributed by atoms with van der Waals surface area (Å²) >= 11 is 13.3. The minimum absolute atomic E-state index is 0.566. The van der Waals surface area contributed by atoms with Gasteiger partial charge in [-0.3, -0.25) is 5.41 Å². The van der Waals surface area contributed by atoms with Gasteiger partial charge >= 0.3 is 0 Å². The molecule has 0 aliphatic carbocycles. The number of benzene rings is 1. The number of rotatable bonds is 2. The quantitative estimate of drug-likeness (QED) is 0.601. The molecule has 0 atom stereocenters. The van der Waals surface area contributed by atoms with Crippen molar-refractivity contribution in [3.63, 3.8) is 0 Å². The Balaban J connectivity index is 2.81. The van der Waals surface area contributed by atoms with Crippen LogP contribution in [0.1, 0.15) is 12.5 Å². The molecule has 4 heteroatoms. The van der Waals surface area contributed by atoms with E-state index in [1.807, 2.05) is 18.2 Å². The molecule has 0 aromatic heterocycles. The van der Waals surface area contributed by atoms with E-state index < -0.39 is 0 Å². The van der Waals surface area contributed by atoms with Gasteiger partial charge in [0.05, 0.1) is 5.04 Å². The largest absolute Gasteiger partial charge is 0.299 e. The van der Waals surface area contributed by atoms with Crippen LogP contribution >= 0.6 is 35.0 Å². The molecule has 0 fully saturated rings. The highest BCUT2D eigenvalue weighted by atomic mass is 35.5. The third-order valence-electron chi connectivity index (χ3n) is 1.49. The molecule has 0 aliphatic rings. The standard InChI is InChI=1S/C9H9Cl2NS/c1-6(12)13-5-7-8(10)3-2-4-9(7)11/h2-4,12H,5H2,1H3. The van der Waals surface area contributed by atoms with Crippen molar-refractivity contribution < 1.29 is 0 Å². The summed E-state index contributed by atoms with van der Waals surface area (Å²) in [6.07, 6.45) is 0. The fourth-order valence-corrected chi connectivity index (χ4v) is 2.21. The molecule has 0 aliphatic heterocycles. The molecule has 1 rings (SSSR count). The normalized spacial score (nSPS) is 10.1. The van der Waals surface area contributed by atoms with Crippen LogP contribution in [0.3, 0.4) is 0 Å². The fraction of sp³-hybridized carbons (Fsp3) is 0.222. The minimum Gasteiger partial charge on any atom is -0.299 e. The van der Waals surface area contributed by atoms with E-state index in [2.05, 4.69) is 0 Å². The molecular weight excluding hydrogens is 225 g/mol. The average molecular weight is 234 g/mol. The van der Waals surface area contributed by atoms with Gasteiger partial charge in [0.25, 0.3) is 0 Å². The second-order valence-electron chi connectivity index (χ2n) is 2.55.